The fraction of sp³-hybridized carbons (Fsp3) is 0. The second kappa shape index (κ2) is 5.31. The summed E-state index contributed by atoms with van der Waals surface area (Å²) in [7, 11) is 0. The van der Waals surface area contributed by atoms with Gasteiger partial charge in [0.2, 0.25) is 5.82 Å². The summed E-state index contributed by atoms with van der Waals surface area (Å²) in [6, 6.07) is 18.3. The third-order valence-electron chi connectivity index (χ3n) is 2.74. The van der Waals surface area contributed by atoms with Gasteiger partial charge in [-0.2, -0.15) is 0 Å². The van der Waals surface area contributed by atoms with E-state index in [0.717, 1.165) is 5.56 Å². The van der Waals surface area contributed by atoms with E-state index in [1.54, 1.807) is 24.3 Å². The Morgan fingerprint density at radius 2 is 1.60 bits per heavy atom. The molecule has 2 aromatic carbocycles. The van der Waals surface area contributed by atoms with Crippen molar-refractivity contribution in [2.24, 2.45) is 0 Å². The Kier molecular flexibility index (Phi) is 3.20. The van der Waals surface area contributed by atoms with Crippen LogP contribution >= 0.6 is 0 Å². The summed E-state index contributed by atoms with van der Waals surface area (Å²) < 4.78 is 0. The lowest BCUT2D eigenvalue weighted by molar-refractivity contribution is 0.100. The van der Waals surface area contributed by atoms with E-state index in [0.29, 0.717) is 11.4 Å². The number of tetrazole rings is 1. The molecule has 1 amide bonds. The molecule has 1 aromatic heterocycles. The zero-order valence-electron chi connectivity index (χ0n) is 10.5. The van der Waals surface area contributed by atoms with Gasteiger partial charge in [0.1, 0.15) is 0 Å². The lowest BCUT2D eigenvalue weighted by Crippen LogP contribution is -2.24. The molecular formula is C14H11N5O. The molecule has 20 heavy (non-hydrogen) atoms. The van der Waals surface area contributed by atoms with Crippen molar-refractivity contribution in [3.8, 4) is 11.4 Å². The molecule has 98 valence electrons. The van der Waals surface area contributed by atoms with Crippen LogP contribution in [0, 0.1) is 0 Å². The summed E-state index contributed by atoms with van der Waals surface area (Å²) in [5.41, 5.74) is 4.02. The molecule has 0 aliphatic heterocycles. The van der Waals surface area contributed by atoms with E-state index in [2.05, 4.69) is 21.0 Å². The van der Waals surface area contributed by atoms with Crippen molar-refractivity contribution >= 4 is 5.91 Å². The first-order valence-electron chi connectivity index (χ1n) is 6.05. The molecule has 1 heterocycles. The van der Waals surface area contributed by atoms with Crippen LogP contribution in [0.2, 0.25) is 0 Å². The highest BCUT2D eigenvalue weighted by molar-refractivity contribution is 6.00. The zero-order valence-corrected chi connectivity index (χ0v) is 10.5. The van der Waals surface area contributed by atoms with Crippen LogP contribution in [-0.4, -0.2) is 26.2 Å². The van der Waals surface area contributed by atoms with Gasteiger partial charge in [0.15, 0.2) is 0 Å². The minimum absolute atomic E-state index is 0.268. The van der Waals surface area contributed by atoms with E-state index in [9.17, 15) is 4.79 Å². The lowest BCUT2D eigenvalue weighted by atomic mass is 10.2. The summed E-state index contributed by atoms with van der Waals surface area (Å²) >= 11 is 0. The average molecular weight is 265 g/mol. The van der Waals surface area contributed by atoms with Gasteiger partial charge in [-0.15, -0.1) is 9.89 Å². The minimum Gasteiger partial charge on any atom is -0.267 e. The number of aromatic nitrogens is 4. The highest BCUT2D eigenvalue weighted by atomic mass is 16.2. The number of amides is 1. The molecule has 0 atom stereocenters. The quantitative estimate of drug-likeness (QED) is 0.782. The number of carbonyl (C=O) groups excluding carboxylic acids is 1. The van der Waals surface area contributed by atoms with Crippen LogP contribution < -0.4 is 5.43 Å². The van der Waals surface area contributed by atoms with E-state index >= 15 is 0 Å². The molecule has 0 spiro atoms. The Bertz CT molecular complexity index is 709. The first-order valence-corrected chi connectivity index (χ1v) is 6.05. The minimum atomic E-state index is -0.268. The van der Waals surface area contributed by atoms with Gasteiger partial charge in [0.25, 0.3) is 5.91 Å². The summed E-state index contributed by atoms with van der Waals surface area (Å²) in [5.74, 6) is 0.213. The molecule has 0 unspecified atom stereocenters. The van der Waals surface area contributed by atoms with Crippen molar-refractivity contribution in [1.82, 2.24) is 20.3 Å². The first-order chi connectivity index (χ1) is 9.84. The number of benzene rings is 2. The maximum absolute atomic E-state index is 12.1. The smallest absolute Gasteiger partial charge is 0.267 e. The van der Waals surface area contributed by atoms with Gasteiger partial charge in [0, 0.05) is 11.1 Å². The molecule has 0 saturated carbocycles. The molecule has 6 nitrogen and oxygen atoms in total. The van der Waals surface area contributed by atoms with Crippen LogP contribution in [0.4, 0.5) is 0 Å². The Balaban J connectivity index is 1.86. The first kappa shape index (κ1) is 12.0. The normalized spacial score (nSPS) is 10.2. The number of carbonyl (C=O) groups is 1. The highest BCUT2D eigenvalue weighted by Gasteiger charge is 2.12. The van der Waals surface area contributed by atoms with Crippen molar-refractivity contribution in [3.05, 3.63) is 66.2 Å². The van der Waals surface area contributed by atoms with Crippen molar-refractivity contribution in [2.75, 3.05) is 5.43 Å². The second-order valence-corrected chi connectivity index (χ2v) is 4.09. The van der Waals surface area contributed by atoms with Crippen molar-refractivity contribution in [2.45, 2.75) is 0 Å². The van der Waals surface area contributed by atoms with E-state index in [4.69, 9.17) is 0 Å². The predicted molar refractivity (Wildman–Crippen MR) is 73.4 cm³/mol. The van der Waals surface area contributed by atoms with Crippen molar-refractivity contribution in [1.29, 1.82) is 0 Å². The van der Waals surface area contributed by atoms with E-state index in [1.165, 1.54) is 4.79 Å². The van der Waals surface area contributed by atoms with Crippen LogP contribution in [0.3, 0.4) is 0 Å². The molecule has 3 rings (SSSR count). The maximum atomic E-state index is 12.1. The molecule has 6 heteroatoms. The van der Waals surface area contributed by atoms with E-state index < -0.39 is 0 Å². The molecule has 1 N–H and O–H groups in total. The van der Waals surface area contributed by atoms with E-state index in [-0.39, 0.29) is 5.91 Å². The van der Waals surface area contributed by atoms with Gasteiger partial charge in [0.05, 0.1) is 0 Å². The van der Waals surface area contributed by atoms with Gasteiger partial charge in [-0.3, -0.25) is 4.79 Å². The van der Waals surface area contributed by atoms with Gasteiger partial charge in [-0.25, -0.2) is 5.43 Å². The topological polar surface area (TPSA) is 72.7 Å². The molecule has 0 bridgehead atoms. The third kappa shape index (κ3) is 2.39. The van der Waals surface area contributed by atoms with Crippen LogP contribution in [0.1, 0.15) is 10.4 Å². The number of nitrogens with one attached hydrogen (secondary N) is 1. The van der Waals surface area contributed by atoms with E-state index in [1.807, 2.05) is 36.4 Å². The van der Waals surface area contributed by atoms with Crippen molar-refractivity contribution < 1.29 is 4.79 Å². The highest BCUT2D eigenvalue weighted by Crippen LogP contribution is 2.13. The summed E-state index contributed by atoms with van der Waals surface area (Å²) in [6.07, 6.45) is 0. The molecule has 3 aromatic rings. The van der Waals surface area contributed by atoms with Crippen molar-refractivity contribution in [3.63, 3.8) is 0 Å². The largest absolute Gasteiger partial charge is 0.271 e. The summed E-state index contributed by atoms with van der Waals surface area (Å²) in [5, 5.41) is 11.3. The number of hydrogen-bond donors (Lipinski definition) is 1. The molecule has 0 radical (unpaired) electrons. The fourth-order valence-corrected chi connectivity index (χ4v) is 1.78. The Hall–Kier alpha value is -3.02. The van der Waals surface area contributed by atoms with Gasteiger partial charge >= 0.3 is 0 Å². The molecule has 0 aliphatic rings. The molecule has 0 fully saturated rings. The third-order valence-corrected chi connectivity index (χ3v) is 2.74. The lowest BCUT2D eigenvalue weighted by Gasteiger charge is -2.06. The Morgan fingerprint density at radius 3 is 2.30 bits per heavy atom. The van der Waals surface area contributed by atoms with Gasteiger partial charge < -0.3 is 0 Å². The monoisotopic (exact) mass is 265 g/mol. The number of rotatable bonds is 3. The number of hydrogen-bond acceptors (Lipinski definition) is 4. The fourth-order valence-electron chi connectivity index (χ4n) is 1.78. The van der Waals surface area contributed by atoms with Crippen LogP contribution in [0.15, 0.2) is 60.7 Å². The summed E-state index contributed by atoms with van der Waals surface area (Å²) in [6.45, 7) is 0. The maximum Gasteiger partial charge on any atom is 0.271 e. The van der Waals surface area contributed by atoms with Gasteiger partial charge in [-0.1, -0.05) is 48.5 Å². The second-order valence-electron chi connectivity index (χ2n) is 4.09. The SMILES string of the molecule is O=C(Nn1nnnc1-c1ccccc1)c1ccccc1. The van der Waals surface area contributed by atoms with Crippen LogP contribution in [0.25, 0.3) is 11.4 Å². The summed E-state index contributed by atoms with van der Waals surface area (Å²) in [4.78, 5) is 13.3. The van der Waals surface area contributed by atoms with Gasteiger partial charge in [-0.05, 0) is 22.6 Å². The Labute approximate surface area is 115 Å². The van der Waals surface area contributed by atoms with Crippen LogP contribution in [-0.2, 0) is 0 Å². The van der Waals surface area contributed by atoms with Crippen LogP contribution in [0.5, 0.6) is 0 Å². The standard InChI is InChI=1S/C14H11N5O/c20-14(12-9-5-2-6-10-12)16-19-13(15-17-18-19)11-7-3-1-4-8-11/h1-10H,(H,16,20). The predicted octanol–water partition coefficient (Wildman–Crippen LogP) is 1.72. The molecule has 0 saturated heterocycles. The average Bonchev–Trinajstić information content (AvgIpc) is 2.97. The zero-order chi connectivity index (χ0) is 13.8. The molecular weight excluding hydrogens is 254 g/mol. The molecule has 0 aliphatic carbocycles. The Morgan fingerprint density at radius 1 is 0.950 bits per heavy atom. The number of nitrogens with zero attached hydrogens (tertiary/aromatic N) is 4.